The maximum atomic E-state index is 6.14. The van der Waals surface area contributed by atoms with E-state index in [2.05, 4.69) is 19.7 Å². The first-order chi connectivity index (χ1) is 13.6. The first-order valence-corrected chi connectivity index (χ1v) is 9.14. The highest BCUT2D eigenvalue weighted by atomic mass is 16.5. The van der Waals surface area contributed by atoms with Gasteiger partial charge in [-0.3, -0.25) is 4.98 Å². The summed E-state index contributed by atoms with van der Waals surface area (Å²) in [6.45, 7) is 7.37. The lowest BCUT2D eigenvalue weighted by atomic mass is 10.2. The average Bonchev–Trinajstić information content (AvgIpc) is 3.31. The van der Waals surface area contributed by atoms with Crippen LogP contribution in [-0.2, 0) is 17.9 Å². The quantitative estimate of drug-likeness (QED) is 0.549. The molecule has 0 radical (unpaired) electrons. The number of fused-ring (bicyclic) bond motifs is 1. The largest absolute Gasteiger partial charge is 0.382 e. The van der Waals surface area contributed by atoms with E-state index in [4.69, 9.17) is 20.0 Å². The number of hydrogen-bond acceptors (Lipinski definition) is 7. The van der Waals surface area contributed by atoms with E-state index in [1.165, 1.54) is 0 Å². The molecule has 0 atom stereocenters. The smallest absolute Gasteiger partial charge is 0.157 e. The molecule has 4 aromatic rings. The molecule has 0 amide bonds. The molecule has 28 heavy (non-hydrogen) atoms. The average molecular weight is 378 g/mol. The van der Waals surface area contributed by atoms with Crippen LogP contribution in [0.1, 0.15) is 29.8 Å². The standard InChI is InChI=1S/C20H22N6O2/c1-4-27-11-17-24-18-19(12(2)13(3)23-20(18)21)26(17)10-15-8-16(25-28-15)14-6-5-7-22-9-14/h5-9H,4,10-11H2,1-3H3,(H2,21,23). The summed E-state index contributed by atoms with van der Waals surface area (Å²) in [5.41, 5.74) is 11.3. The van der Waals surface area contributed by atoms with E-state index in [-0.39, 0.29) is 0 Å². The number of nitrogens with zero attached hydrogens (tertiary/aromatic N) is 5. The van der Waals surface area contributed by atoms with Gasteiger partial charge in [0.2, 0.25) is 0 Å². The van der Waals surface area contributed by atoms with Crippen LogP contribution in [0.25, 0.3) is 22.3 Å². The zero-order valence-corrected chi connectivity index (χ0v) is 16.1. The molecule has 8 heteroatoms. The number of pyridine rings is 2. The number of nitrogen functional groups attached to an aromatic ring is 1. The molecule has 0 bridgehead atoms. The summed E-state index contributed by atoms with van der Waals surface area (Å²) in [4.78, 5) is 13.2. The highest BCUT2D eigenvalue weighted by Crippen LogP contribution is 2.28. The van der Waals surface area contributed by atoms with Gasteiger partial charge in [0.25, 0.3) is 0 Å². The summed E-state index contributed by atoms with van der Waals surface area (Å²) in [6, 6.07) is 5.73. The van der Waals surface area contributed by atoms with Crippen LogP contribution < -0.4 is 5.73 Å². The highest BCUT2D eigenvalue weighted by Gasteiger charge is 2.19. The predicted molar refractivity (Wildman–Crippen MR) is 106 cm³/mol. The number of aromatic nitrogens is 5. The molecule has 8 nitrogen and oxygen atoms in total. The number of anilines is 1. The van der Waals surface area contributed by atoms with E-state index >= 15 is 0 Å². The zero-order chi connectivity index (χ0) is 19.7. The summed E-state index contributed by atoms with van der Waals surface area (Å²) in [5, 5.41) is 4.18. The van der Waals surface area contributed by atoms with Gasteiger partial charge in [-0.05, 0) is 38.5 Å². The number of hydrogen-bond donors (Lipinski definition) is 1. The lowest BCUT2D eigenvalue weighted by Gasteiger charge is -2.10. The number of aryl methyl sites for hydroxylation is 2. The van der Waals surface area contributed by atoms with Crippen LogP contribution in [0, 0.1) is 13.8 Å². The topological polar surface area (TPSA) is 105 Å². The van der Waals surface area contributed by atoms with Gasteiger partial charge in [-0.1, -0.05) is 5.16 Å². The van der Waals surface area contributed by atoms with Crippen molar-refractivity contribution in [3.63, 3.8) is 0 Å². The first kappa shape index (κ1) is 18.1. The first-order valence-electron chi connectivity index (χ1n) is 9.14. The molecule has 0 aliphatic rings. The molecule has 144 valence electrons. The Kier molecular flexibility index (Phi) is 4.79. The van der Waals surface area contributed by atoms with Crippen molar-refractivity contribution in [1.29, 1.82) is 0 Å². The van der Waals surface area contributed by atoms with E-state index in [0.717, 1.165) is 33.9 Å². The molecule has 4 heterocycles. The Morgan fingerprint density at radius 2 is 2.11 bits per heavy atom. The van der Waals surface area contributed by atoms with Crippen LogP contribution in [-0.4, -0.2) is 31.3 Å². The van der Waals surface area contributed by atoms with Gasteiger partial charge >= 0.3 is 0 Å². The molecule has 0 aromatic carbocycles. The van der Waals surface area contributed by atoms with Crippen LogP contribution in [0.3, 0.4) is 0 Å². The molecule has 0 spiro atoms. The van der Waals surface area contributed by atoms with Crippen molar-refractivity contribution in [2.75, 3.05) is 12.3 Å². The minimum absolute atomic E-state index is 0.382. The van der Waals surface area contributed by atoms with Crippen LogP contribution in [0.15, 0.2) is 35.1 Å². The van der Waals surface area contributed by atoms with Crippen molar-refractivity contribution in [3.05, 3.63) is 53.4 Å². The Balaban J connectivity index is 1.78. The Hall–Kier alpha value is -3.26. The van der Waals surface area contributed by atoms with Gasteiger partial charge in [0.05, 0.1) is 12.1 Å². The predicted octanol–water partition coefficient (Wildman–Crippen LogP) is 3.27. The third-order valence-corrected chi connectivity index (χ3v) is 4.74. The fraction of sp³-hybridized carbons (Fsp3) is 0.300. The fourth-order valence-corrected chi connectivity index (χ4v) is 3.21. The van der Waals surface area contributed by atoms with E-state index in [0.29, 0.717) is 36.9 Å². The third kappa shape index (κ3) is 3.22. The van der Waals surface area contributed by atoms with Gasteiger partial charge in [-0.15, -0.1) is 0 Å². The molecule has 4 aromatic heterocycles. The van der Waals surface area contributed by atoms with Gasteiger partial charge in [0, 0.05) is 36.3 Å². The fourth-order valence-electron chi connectivity index (χ4n) is 3.21. The minimum atomic E-state index is 0.382. The van der Waals surface area contributed by atoms with Crippen molar-refractivity contribution >= 4 is 16.9 Å². The van der Waals surface area contributed by atoms with Crippen LogP contribution in [0.2, 0.25) is 0 Å². The van der Waals surface area contributed by atoms with Crippen LogP contribution in [0.5, 0.6) is 0 Å². The molecule has 4 rings (SSSR count). The van der Waals surface area contributed by atoms with Crippen molar-refractivity contribution in [2.24, 2.45) is 0 Å². The highest BCUT2D eigenvalue weighted by molar-refractivity contribution is 5.88. The van der Waals surface area contributed by atoms with Crippen molar-refractivity contribution in [2.45, 2.75) is 33.9 Å². The zero-order valence-electron chi connectivity index (χ0n) is 16.1. The van der Waals surface area contributed by atoms with Gasteiger partial charge in [-0.2, -0.15) is 0 Å². The Bertz CT molecular complexity index is 1120. The van der Waals surface area contributed by atoms with E-state index in [1.54, 1.807) is 12.4 Å². The van der Waals surface area contributed by atoms with Gasteiger partial charge in [0.15, 0.2) is 11.6 Å². The Morgan fingerprint density at radius 1 is 1.25 bits per heavy atom. The van der Waals surface area contributed by atoms with E-state index < -0.39 is 0 Å². The summed E-state index contributed by atoms with van der Waals surface area (Å²) in [7, 11) is 0. The molecular formula is C20H22N6O2. The molecule has 0 fully saturated rings. The molecule has 0 saturated heterocycles. The number of imidazole rings is 1. The van der Waals surface area contributed by atoms with Crippen molar-refractivity contribution < 1.29 is 9.26 Å². The van der Waals surface area contributed by atoms with E-state index in [1.807, 2.05) is 39.0 Å². The second-order valence-electron chi connectivity index (χ2n) is 6.58. The summed E-state index contributed by atoms with van der Waals surface area (Å²) in [5.74, 6) is 1.91. The Labute approximate surface area is 162 Å². The van der Waals surface area contributed by atoms with Crippen molar-refractivity contribution in [1.82, 2.24) is 24.7 Å². The monoisotopic (exact) mass is 378 g/mol. The molecule has 2 N–H and O–H groups in total. The summed E-state index contributed by atoms with van der Waals surface area (Å²) < 4.78 is 13.3. The van der Waals surface area contributed by atoms with Gasteiger partial charge in [0.1, 0.15) is 23.6 Å². The van der Waals surface area contributed by atoms with E-state index in [9.17, 15) is 0 Å². The van der Waals surface area contributed by atoms with Crippen molar-refractivity contribution in [3.8, 4) is 11.3 Å². The van der Waals surface area contributed by atoms with Crippen LogP contribution in [0.4, 0.5) is 5.82 Å². The van der Waals surface area contributed by atoms with Gasteiger partial charge < -0.3 is 19.6 Å². The SMILES string of the molecule is CCOCc1nc2c(N)nc(C)c(C)c2n1Cc1cc(-c2cccnc2)no1. The van der Waals surface area contributed by atoms with Crippen LogP contribution >= 0.6 is 0 Å². The number of ether oxygens (including phenoxy) is 1. The minimum Gasteiger partial charge on any atom is -0.382 e. The maximum Gasteiger partial charge on any atom is 0.157 e. The number of nitrogens with two attached hydrogens (primary N) is 1. The van der Waals surface area contributed by atoms with Gasteiger partial charge in [-0.25, -0.2) is 9.97 Å². The Morgan fingerprint density at radius 3 is 2.86 bits per heavy atom. The second kappa shape index (κ2) is 7.40. The lowest BCUT2D eigenvalue weighted by molar-refractivity contribution is 0.126. The molecule has 0 saturated carbocycles. The molecule has 0 aliphatic carbocycles. The second-order valence-corrected chi connectivity index (χ2v) is 6.58. The normalized spacial score (nSPS) is 11.4. The summed E-state index contributed by atoms with van der Waals surface area (Å²) >= 11 is 0. The number of rotatable bonds is 6. The molecular weight excluding hydrogens is 356 g/mol. The summed E-state index contributed by atoms with van der Waals surface area (Å²) in [6.07, 6.45) is 3.49. The molecule has 0 unspecified atom stereocenters. The third-order valence-electron chi connectivity index (χ3n) is 4.74. The molecule has 0 aliphatic heterocycles. The lowest BCUT2D eigenvalue weighted by Crippen LogP contribution is -2.08. The maximum absolute atomic E-state index is 6.14.